The molecule has 0 bridgehead atoms. The number of rotatable bonds is 6. The molecule has 0 aliphatic rings. The SMILES string of the molecule is Cc1ccccc1NC(=O)CCC(=O)NCc1ccco1. The highest BCUT2D eigenvalue weighted by atomic mass is 16.3. The molecular weight excluding hydrogens is 268 g/mol. The average Bonchev–Trinajstić information content (AvgIpc) is 2.99. The van der Waals surface area contributed by atoms with Gasteiger partial charge < -0.3 is 15.1 Å². The van der Waals surface area contributed by atoms with E-state index in [1.165, 1.54) is 0 Å². The van der Waals surface area contributed by atoms with Crippen molar-refractivity contribution in [2.75, 3.05) is 5.32 Å². The van der Waals surface area contributed by atoms with Crippen LogP contribution in [0.25, 0.3) is 0 Å². The summed E-state index contributed by atoms with van der Waals surface area (Å²) >= 11 is 0. The van der Waals surface area contributed by atoms with E-state index >= 15 is 0 Å². The fraction of sp³-hybridized carbons (Fsp3) is 0.250. The lowest BCUT2D eigenvalue weighted by atomic mass is 10.2. The van der Waals surface area contributed by atoms with Crippen LogP contribution in [0.2, 0.25) is 0 Å². The molecule has 0 aliphatic heterocycles. The van der Waals surface area contributed by atoms with Gasteiger partial charge in [0.2, 0.25) is 11.8 Å². The minimum Gasteiger partial charge on any atom is -0.467 e. The van der Waals surface area contributed by atoms with Crippen molar-refractivity contribution in [3.8, 4) is 0 Å². The van der Waals surface area contributed by atoms with Gasteiger partial charge in [-0.2, -0.15) is 0 Å². The van der Waals surface area contributed by atoms with Gasteiger partial charge in [-0.3, -0.25) is 9.59 Å². The summed E-state index contributed by atoms with van der Waals surface area (Å²) in [5.74, 6) is 0.344. The third kappa shape index (κ3) is 4.80. The minimum atomic E-state index is -0.175. The second-order valence-electron chi connectivity index (χ2n) is 4.72. The number of benzene rings is 1. The predicted molar refractivity (Wildman–Crippen MR) is 79.6 cm³/mol. The highest BCUT2D eigenvalue weighted by Gasteiger charge is 2.08. The van der Waals surface area contributed by atoms with Crippen molar-refractivity contribution in [2.24, 2.45) is 0 Å². The number of anilines is 1. The molecule has 5 heteroatoms. The summed E-state index contributed by atoms with van der Waals surface area (Å²) in [5, 5.41) is 5.50. The van der Waals surface area contributed by atoms with E-state index in [9.17, 15) is 9.59 Å². The molecule has 0 saturated carbocycles. The van der Waals surface area contributed by atoms with Crippen LogP contribution in [0, 0.1) is 6.92 Å². The Balaban J connectivity index is 1.71. The molecule has 0 radical (unpaired) electrons. The molecule has 5 nitrogen and oxygen atoms in total. The van der Waals surface area contributed by atoms with Crippen molar-refractivity contribution in [1.82, 2.24) is 5.32 Å². The topological polar surface area (TPSA) is 71.3 Å². The van der Waals surface area contributed by atoms with Crippen molar-refractivity contribution in [1.29, 1.82) is 0 Å². The van der Waals surface area contributed by atoms with E-state index in [4.69, 9.17) is 4.42 Å². The number of carbonyl (C=O) groups excluding carboxylic acids is 2. The number of para-hydroxylation sites is 1. The number of amides is 2. The number of nitrogens with one attached hydrogen (secondary N) is 2. The van der Waals surface area contributed by atoms with E-state index in [0.717, 1.165) is 11.3 Å². The number of hydrogen-bond donors (Lipinski definition) is 2. The molecule has 0 atom stereocenters. The second kappa shape index (κ2) is 7.28. The van der Waals surface area contributed by atoms with Crippen LogP contribution in [-0.4, -0.2) is 11.8 Å². The summed E-state index contributed by atoms with van der Waals surface area (Å²) in [5.41, 5.74) is 1.77. The zero-order chi connectivity index (χ0) is 15.1. The Morgan fingerprint density at radius 3 is 2.52 bits per heavy atom. The average molecular weight is 286 g/mol. The van der Waals surface area contributed by atoms with Gasteiger partial charge in [0.1, 0.15) is 5.76 Å². The lowest BCUT2D eigenvalue weighted by Crippen LogP contribution is -2.24. The fourth-order valence-electron chi connectivity index (χ4n) is 1.84. The lowest BCUT2D eigenvalue weighted by Gasteiger charge is -2.08. The summed E-state index contributed by atoms with van der Waals surface area (Å²) in [7, 11) is 0. The molecule has 110 valence electrons. The first kappa shape index (κ1) is 14.8. The van der Waals surface area contributed by atoms with Crippen molar-refractivity contribution in [3.63, 3.8) is 0 Å². The van der Waals surface area contributed by atoms with Crippen LogP contribution >= 0.6 is 0 Å². The maximum atomic E-state index is 11.8. The van der Waals surface area contributed by atoms with Gasteiger partial charge in [-0.25, -0.2) is 0 Å². The van der Waals surface area contributed by atoms with E-state index in [-0.39, 0.29) is 24.7 Å². The maximum absolute atomic E-state index is 11.8. The van der Waals surface area contributed by atoms with E-state index in [1.54, 1.807) is 18.4 Å². The first-order chi connectivity index (χ1) is 10.1. The van der Waals surface area contributed by atoms with Crippen LogP contribution in [0.4, 0.5) is 5.69 Å². The largest absolute Gasteiger partial charge is 0.467 e. The molecule has 2 amide bonds. The Morgan fingerprint density at radius 1 is 1.05 bits per heavy atom. The molecule has 21 heavy (non-hydrogen) atoms. The van der Waals surface area contributed by atoms with Crippen LogP contribution in [0.15, 0.2) is 47.1 Å². The third-order valence-electron chi connectivity index (χ3n) is 3.04. The fourth-order valence-corrected chi connectivity index (χ4v) is 1.84. The molecule has 1 heterocycles. The normalized spacial score (nSPS) is 10.1. The molecule has 0 unspecified atom stereocenters. The van der Waals surface area contributed by atoms with Crippen molar-refractivity contribution >= 4 is 17.5 Å². The van der Waals surface area contributed by atoms with Crippen molar-refractivity contribution in [3.05, 3.63) is 54.0 Å². The number of aryl methyl sites for hydroxylation is 1. The monoisotopic (exact) mass is 286 g/mol. The summed E-state index contributed by atoms with van der Waals surface area (Å²) in [6.07, 6.45) is 1.86. The van der Waals surface area contributed by atoms with Crippen molar-refractivity contribution in [2.45, 2.75) is 26.3 Å². The highest BCUT2D eigenvalue weighted by molar-refractivity contribution is 5.93. The van der Waals surface area contributed by atoms with Gasteiger partial charge in [0.25, 0.3) is 0 Å². The molecule has 0 fully saturated rings. The van der Waals surface area contributed by atoms with Crippen LogP contribution in [-0.2, 0) is 16.1 Å². The van der Waals surface area contributed by atoms with Crippen LogP contribution < -0.4 is 10.6 Å². The first-order valence-corrected chi connectivity index (χ1v) is 6.79. The summed E-state index contributed by atoms with van der Waals surface area (Å²) in [6, 6.07) is 11.1. The zero-order valence-corrected chi connectivity index (χ0v) is 11.9. The summed E-state index contributed by atoms with van der Waals surface area (Å²) in [4.78, 5) is 23.4. The van der Waals surface area contributed by atoms with E-state index in [0.29, 0.717) is 12.3 Å². The Bertz CT molecular complexity index is 606. The molecule has 0 saturated heterocycles. The van der Waals surface area contributed by atoms with Gasteiger partial charge in [0.15, 0.2) is 0 Å². The number of carbonyl (C=O) groups is 2. The molecule has 2 aromatic rings. The number of hydrogen-bond acceptors (Lipinski definition) is 3. The predicted octanol–water partition coefficient (Wildman–Crippen LogP) is 2.62. The quantitative estimate of drug-likeness (QED) is 0.857. The van der Waals surface area contributed by atoms with E-state index < -0.39 is 0 Å². The van der Waals surface area contributed by atoms with Gasteiger partial charge in [-0.05, 0) is 30.7 Å². The standard InChI is InChI=1S/C16H18N2O3/c1-12-5-2-3-7-14(12)18-16(20)9-8-15(19)17-11-13-6-4-10-21-13/h2-7,10H,8-9,11H2,1H3,(H,17,19)(H,18,20). The second-order valence-corrected chi connectivity index (χ2v) is 4.72. The molecule has 2 rings (SSSR count). The molecule has 0 aliphatic carbocycles. The smallest absolute Gasteiger partial charge is 0.224 e. The lowest BCUT2D eigenvalue weighted by molar-refractivity contribution is -0.124. The Morgan fingerprint density at radius 2 is 1.81 bits per heavy atom. The minimum absolute atomic E-state index is 0.151. The van der Waals surface area contributed by atoms with Crippen molar-refractivity contribution < 1.29 is 14.0 Å². The molecular formula is C16H18N2O3. The summed E-state index contributed by atoms with van der Waals surface area (Å²) < 4.78 is 5.11. The number of furan rings is 1. The molecule has 1 aromatic carbocycles. The first-order valence-electron chi connectivity index (χ1n) is 6.79. The molecule has 2 N–H and O–H groups in total. The van der Waals surface area contributed by atoms with Gasteiger partial charge in [0, 0.05) is 18.5 Å². The molecule has 1 aromatic heterocycles. The van der Waals surface area contributed by atoms with E-state index in [2.05, 4.69) is 10.6 Å². The van der Waals surface area contributed by atoms with Crippen LogP contribution in [0.5, 0.6) is 0 Å². The third-order valence-corrected chi connectivity index (χ3v) is 3.04. The van der Waals surface area contributed by atoms with Gasteiger partial charge in [-0.1, -0.05) is 18.2 Å². The maximum Gasteiger partial charge on any atom is 0.224 e. The van der Waals surface area contributed by atoms with Gasteiger partial charge in [-0.15, -0.1) is 0 Å². The summed E-state index contributed by atoms with van der Waals surface area (Å²) in [6.45, 7) is 2.26. The zero-order valence-electron chi connectivity index (χ0n) is 11.9. The van der Waals surface area contributed by atoms with Crippen LogP contribution in [0.1, 0.15) is 24.2 Å². The Kier molecular flexibility index (Phi) is 5.15. The van der Waals surface area contributed by atoms with Crippen LogP contribution in [0.3, 0.4) is 0 Å². The van der Waals surface area contributed by atoms with Gasteiger partial charge >= 0.3 is 0 Å². The Labute approximate surface area is 123 Å². The highest BCUT2D eigenvalue weighted by Crippen LogP contribution is 2.13. The molecule has 0 spiro atoms. The Hall–Kier alpha value is -2.56. The van der Waals surface area contributed by atoms with Gasteiger partial charge in [0.05, 0.1) is 12.8 Å². The van der Waals surface area contributed by atoms with E-state index in [1.807, 2.05) is 31.2 Å².